The number of fused-ring (bicyclic) bond motifs is 2. The summed E-state index contributed by atoms with van der Waals surface area (Å²) in [6.07, 6.45) is 1.67. The van der Waals surface area contributed by atoms with Gasteiger partial charge in [-0.05, 0) is 67.4 Å². The molecule has 48 heavy (non-hydrogen) atoms. The maximum Gasteiger partial charge on any atom is 0.264 e. The molecule has 3 aliphatic rings. The summed E-state index contributed by atoms with van der Waals surface area (Å²) in [6, 6.07) is 22.7. The van der Waals surface area contributed by atoms with Gasteiger partial charge in [-0.2, -0.15) is 0 Å². The maximum atomic E-state index is 14.8. The third-order valence-electron chi connectivity index (χ3n) is 10.2. The Hall–Kier alpha value is -3.54. The van der Waals surface area contributed by atoms with Crippen LogP contribution in [0.5, 0.6) is 0 Å². The topological polar surface area (TPSA) is 111 Å². The quantitative estimate of drug-likeness (QED) is 0.268. The molecule has 0 aliphatic carbocycles. The van der Waals surface area contributed by atoms with Crippen molar-refractivity contribution in [2.24, 2.45) is 5.92 Å². The number of benzene rings is 3. The van der Waals surface area contributed by atoms with Crippen molar-refractivity contribution in [1.82, 2.24) is 4.90 Å². The normalized spacial score (nSPS) is 24.0. The number of aliphatic hydroxyl groups excluding tert-OH is 1. The molecule has 254 valence electrons. The summed E-state index contributed by atoms with van der Waals surface area (Å²) in [5, 5.41) is 10.3. The number of carbonyl (C=O) groups excluding carboxylic acids is 3. The first-order valence-electron chi connectivity index (χ1n) is 16.8. The van der Waals surface area contributed by atoms with Gasteiger partial charge < -0.3 is 29.3 Å². The predicted octanol–water partition coefficient (Wildman–Crippen LogP) is 5.61. The van der Waals surface area contributed by atoms with Crippen LogP contribution in [0.25, 0.3) is 0 Å². The lowest BCUT2D eigenvalue weighted by molar-refractivity contribution is -0.150. The number of carbonyl (C=O) groups is 3. The van der Waals surface area contributed by atoms with E-state index in [1.807, 2.05) is 85.6 Å². The molecular weight excluding hydrogens is 646 g/mol. The van der Waals surface area contributed by atoms with E-state index in [2.05, 4.69) is 0 Å². The molecule has 0 bridgehead atoms. The van der Waals surface area contributed by atoms with E-state index in [-0.39, 0.29) is 43.8 Å². The smallest absolute Gasteiger partial charge is 0.264 e. The van der Waals surface area contributed by atoms with Gasteiger partial charge in [0.05, 0.1) is 31.4 Å². The number of ether oxygens (including phenoxy) is 1. The number of halogens is 1. The van der Waals surface area contributed by atoms with Crippen LogP contribution in [0.1, 0.15) is 49.3 Å². The second-order valence-corrected chi connectivity index (χ2v) is 18.2. The van der Waals surface area contributed by atoms with Gasteiger partial charge in [0.1, 0.15) is 0 Å². The number of amides is 3. The Morgan fingerprint density at radius 3 is 2.44 bits per heavy atom. The van der Waals surface area contributed by atoms with Crippen molar-refractivity contribution in [3.8, 4) is 0 Å². The fraction of sp³-hybridized carbons (Fsp3) is 0.432. The Labute approximate surface area is 288 Å². The van der Waals surface area contributed by atoms with Crippen LogP contribution in [0.2, 0.25) is 23.7 Å². The second kappa shape index (κ2) is 13.8. The highest BCUT2D eigenvalue weighted by Crippen LogP contribution is 2.60. The summed E-state index contributed by atoms with van der Waals surface area (Å²) in [4.78, 5) is 57.9. The van der Waals surface area contributed by atoms with Gasteiger partial charge in [-0.25, -0.2) is 0 Å². The minimum Gasteiger partial charge on any atom is -0.432 e. The van der Waals surface area contributed by atoms with Crippen molar-refractivity contribution < 1.29 is 29.0 Å². The van der Waals surface area contributed by atoms with Crippen LogP contribution >= 0.6 is 11.6 Å². The highest BCUT2D eigenvalue weighted by molar-refractivity contribution is 6.71. The van der Waals surface area contributed by atoms with Crippen LogP contribution in [0.15, 0.2) is 72.8 Å². The average Bonchev–Trinajstić information content (AvgIpc) is 3.48. The molecule has 4 atom stereocenters. The number of hydrogen-bond acceptors (Lipinski definition) is 6. The number of rotatable bonds is 10. The fourth-order valence-electron chi connectivity index (χ4n) is 7.97. The molecule has 3 aromatic carbocycles. The van der Waals surface area contributed by atoms with Gasteiger partial charge in [0.25, 0.3) is 5.91 Å². The largest absolute Gasteiger partial charge is 0.432 e. The number of hydrogen-bond donors (Lipinski definition) is 2. The lowest BCUT2D eigenvalue weighted by Crippen LogP contribution is -2.46. The van der Waals surface area contributed by atoms with Gasteiger partial charge in [-0.15, -0.1) is 0 Å². The molecule has 3 amide bonds. The van der Waals surface area contributed by atoms with Crippen LogP contribution in [-0.2, 0) is 37.8 Å². The summed E-state index contributed by atoms with van der Waals surface area (Å²) in [5.74, 6) is -0.797. The van der Waals surface area contributed by atoms with E-state index in [0.29, 0.717) is 35.8 Å². The van der Waals surface area contributed by atoms with Crippen molar-refractivity contribution in [2.75, 3.05) is 29.5 Å². The fourth-order valence-corrected chi connectivity index (χ4v) is 10.7. The monoisotopic (exact) mass is 689 g/mol. The van der Waals surface area contributed by atoms with Crippen molar-refractivity contribution in [3.63, 3.8) is 0 Å². The Bertz CT molecular complexity index is 1670. The lowest BCUT2D eigenvalue weighted by Gasteiger charge is -2.32. The summed E-state index contributed by atoms with van der Waals surface area (Å²) in [6.45, 7) is 6.86. The molecule has 3 heterocycles. The molecule has 0 unspecified atom stereocenters. The molecule has 0 saturated carbocycles. The standard InChI is InChI=1S/C37H44ClN3O6Si/c1-25-35(48(2,3)46)32(22-34(44)39(19-20-42)23-26-9-5-4-6-10-26)47-37(25)30-21-28(38)14-17-31(30)41(36(37)45)24-27-12-15-29(16-13-27)40-18-8-7-11-33(40)43/h4-6,9-10,12-17,21,25,32,35,42,46H,7-8,11,18-20,22-24H2,1-3H3/t25-,32+,35-,37+/m1/s1. The summed E-state index contributed by atoms with van der Waals surface area (Å²) in [7, 11) is -3.01. The van der Waals surface area contributed by atoms with E-state index in [9.17, 15) is 24.3 Å². The summed E-state index contributed by atoms with van der Waals surface area (Å²) in [5.41, 5.74) is 2.11. The first kappa shape index (κ1) is 34.3. The van der Waals surface area contributed by atoms with Crippen molar-refractivity contribution >= 4 is 49.0 Å². The first-order valence-corrected chi connectivity index (χ1v) is 20.2. The van der Waals surface area contributed by atoms with Crippen LogP contribution < -0.4 is 9.80 Å². The molecule has 2 fully saturated rings. The van der Waals surface area contributed by atoms with E-state index >= 15 is 0 Å². The van der Waals surface area contributed by atoms with Crippen LogP contribution in [-0.4, -0.2) is 66.6 Å². The second-order valence-electron chi connectivity index (χ2n) is 13.8. The third kappa shape index (κ3) is 6.44. The zero-order chi connectivity index (χ0) is 34.2. The van der Waals surface area contributed by atoms with E-state index in [1.54, 1.807) is 21.9 Å². The summed E-state index contributed by atoms with van der Waals surface area (Å²) >= 11 is 6.55. The minimum atomic E-state index is -3.01. The zero-order valence-corrected chi connectivity index (χ0v) is 29.5. The van der Waals surface area contributed by atoms with E-state index < -0.39 is 31.5 Å². The van der Waals surface area contributed by atoms with Crippen molar-refractivity contribution in [3.05, 3.63) is 94.5 Å². The van der Waals surface area contributed by atoms with E-state index in [0.717, 1.165) is 29.7 Å². The third-order valence-corrected chi connectivity index (χ3v) is 12.9. The van der Waals surface area contributed by atoms with Gasteiger partial charge in [0.2, 0.25) is 11.8 Å². The molecule has 11 heteroatoms. The highest BCUT2D eigenvalue weighted by Gasteiger charge is 2.66. The van der Waals surface area contributed by atoms with Crippen LogP contribution in [0.4, 0.5) is 11.4 Å². The molecule has 0 aromatic heterocycles. The Morgan fingerprint density at radius 1 is 1.04 bits per heavy atom. The molecule has 2 N–H and O–H groups in total. The Balaban J connectivity index is 1.30. The van der Waals surface area contributed by atoms with E-state index in [1.165, 1.54) is 0 Å². The van der Waals surface area contributed by atoms with Crippen molar-refractivity contribution in [2.45, 2.75) is 76.0 Å². The Kier molecular flexibility index (Phi) is 9.84. The molecule has 2 saturated heterocycles. The van der Waals surface area contributed by atoms with Gasteiger partial charge in [-0.1, -0.05) is 61.0 Å². The average molecular weight is 690 g/mol. The maximum absolute atomic E-state index is 14.8. The molecule has 6 rings (SSSR count). The van der Waals surface area contributed by atoms with Gasteiger partial charge >= 0.3 is 0 Å². The summed E-state index contributed by atoms with van der Waals surface area (Å²) < 4.78 is 6.85. The molecule has 1 spiro atoms. The number of aliphatic hydroxyl groups is 1. The number of nitrogens with zero attached hydrogens (tertiary/aromatic N) is 3. The van der Waals surface area contributed by atoms with Gasteiger partial charge in [-0.3, -0.25) is 14.4 Å². The van der Waals surface area contributed by atoms with Gasteiger partial charge in [0.15, 0.2) is 13.9 Å². The molecular formula is C37H44ClN3O6Si. The zero-order valence-electron chi connectivity index (χ0n) is 27.8. The molecule has 3 aromatic rings. The number of piperidine rings is 1. The SMILES string of the molecule is C[C@@H]1[C@@H]([Si](C)(C)O)[C@H](CC(=O)N(CCO)Cc2ccccc2)O[C@@]12C(=O)N(Cc1ccc(N3CCCCC3=O)cc1)c1ccc(Cl)cc12. The highest BCUT2D eigenvalue weighted by atomic mass is 35.5. The lowest BCUT2D eigenvalue weighted by atomic mass is 9.82. The van der Waals surface area contributed by atoms with Gasteiger partial charge in [0, 0.05) is 53.8 Å². The minimum absolute atomic E-state index is 0.0412. The molecule has 3 aliphatic heterocycles. The first-order chi connectivity index (χ1) is 22.9. The number of anilines is 2. The molecule has 0 radical (unpaired) electrons. The van der Waals surface area contributed by atoms with Crippen molar-refractivity contribution in [1.29, 1.82) is 0 Å². The molecule has 9 nitrogen and oxygen atoms in total. The van der Waals surface area contributed by atoms with Crippen LogP contribution in [0, 0.1) is 5.92 Å². The predicted molar refractivity (Wildman–Crippen MR) is 188 cm³/mol. The van der Waals surface area contributed by atoms with E-state index in [4.69, 9.17) is 16.3 Å². The Morgan fingerprint density at radius 2 is 1.77 bits per heavy atom. The van der Waals surface area contributed by atoms with Crippen LogP contribution in [0.3, 0.4) is 0 Å².